The smallest absolute Gasteiger partial charge is 0.292 e. The molecule has 0 fully saturated rings. The molecule has 2 rings (SSSR count). The van der Waals surface area contributed by atoms with E-state index in [1.807, 2.05) is 31.2 Å². The van der Waals surface area contributed by atoms with E-state index in [9.17, 15) is 4.79 Å². The van der Waals surface area contributed by atoms with Crippen molar-refractivity contribution in [3.8, 4) is 16.5 Å². The predicted octanol–water partition coefficient (Wildman–Crippen LogP) is 2.76. The van der Waals surface area contributed by atoms with Crippen LogP contribution in [0, 0.1) is 6.92 Å². The summed E-state index contributed by atoms with van der Waals surface area (Å²) in [6.07, 6.45) is 0. The van der Waals surface area contributed by atoms with Crippen molar-refractivity contribution in [3.63, 3.8) is 0 Å². The van der Waals surface area contributed by atoms with E-state index >= 15 is 0 Å². The second-order valence-corrected chi connectivity index (χ2v) is 5.21. The molecule has 0 aliphatic heterocycles. The van der Waals surface area contributed by atoms with Crippen LogP contribution < -0.4 is 4.74 Å². The van der Waals surface area contributed by atoms with Crippen molar-refractivity contribution in [2.45, 2.75) is 6.92 Å². The number of carbonyl (C=O) groups is 1. The number of benzene rings is 1. The van der Waals surface area contributed by atoms with Crippen LogP contribution in [-0.2, 0) is 4.84 Å². The first-order valence-electron chi connectivity index (χ1n) is 6.00. The number of hydrogen-bond acceptors (Lipinski definition) is 5. The second-order valence-electron chi connectivity index (χ2n) is 4.21. The van der Waals surface area contributed by atoms with Crippen LogP contribution in [0.25, 0.3) is 10.6 Å². The van der Waals surface area contributed by atoms with E-state index < -0.39 is 0 Å². The zero-order valence-corrected chi connectivity index (χ0v) is 12.7. The van der Waals surface area contributed by atoms with Gasteiger partial charge in [-0.1, -0.05) is 23.8 Å². The Bertz CT molecular complexity index is 625. The molecule has 0 atom stereocenters. The van der Waals surface area contributed by atoms with Crippen molar-refractivity contribution < 1.29 is 14.4 Å². The Morgan fingerprint density at radius 3 is 2.70 bits per heavy atom. The Labute approximate surface area is 121 Å². The molecule has 1 amide bonds. The number of carbonyl (C=O) groups excluding carboxylic acids is 1. The van der Waals surface area contributed by atoms with Crippen molar-refractivity contribution in [1.29, 1.82) is 0 Å². The van der Waals surface area contributed by atoms with Gasteiger partial charge in [0.25, 0.3) is 5.91 Å². The summed E-state index contributed by atoms with van der Waals surface area (Å²) in [7, 11) is 4.49. The van der Waals surface area contributed by atoms with Gasteiger partial charge in [0.15, 0.2) is 4.88 Å². The van der Waals surface area contributed by atoms with Gasteiger partial charge in [-0.15, -0.1) is 11.3 Å². The van der Waals surface area contributed by atoms with Gasteiger partial charge in [0.1, 0.15) is 5.01 Å². The summed E-state index contributed by atoms with van der Waals surface area (Å²) < 4.78 is 5.19. The molecule has 1 aromatic carbocycles. The van der Waals surface area contributed by atoms with Crippen LogP contribution >= 0.6 is 11.3 Å². The van der Waals surface area contributed by atoms with Crippen LogP contribution in [0.3, 0.4) is 0 Å². The lowest BCUT2D eigenvalue weighted by molar-refractivity contribution is -0.0755. The molecular formula is C14H16N2O3S. The number of rotatable bonds is 4. The Morgan fingerprint density at radius 2 is 2.10 bits per heavy atom. The highest BCUT2D eigenvalue weighted by molar-refractivity contribution is 7.17. The SMILES string of the molecule is COc1nc(-c2cccc(C)c2)sc1C(=O)N(C)OC. The maximum Gasteiger partial charge on any atom is 0.292 e. The molecule has 106 valence electrons. The van der Waals surface area contributed by atoms with Gasteiger partial charge in [0.05, 0.1) is 14.2 Å². The average molecular weight is 292 g/mol. The van der Waals surface area contributed by atoms with Crippen LogP contribution in [0.15, 0.2) is 24.3 Å². The summed E-state index contributed by atoms with van der Waals surface area (Å²) in [6, 6.07) is 7.95. The van der Waals surface area contributed by atoms with E-state index in [1.165, 1.54) is 25.6 Å². The van der Waals surface area contributed by atoms with Gasteiger partial charge in [-0.05, 0) is 13.0 Å². The maximum absolute atomic E-state index is 12.2. The summed E-state index contributed by atoms with van der Waals surface area (Å²) in [4.78, 5) is 21.9. The lowest BCUT2D eigenvalue weighted by atomic mass is 10.1. The number of thiazole rings is 1. The summed E-state index contributed by atoms with van der Waals surface area (Å²) in [5.74, 6) is 0.0427. The van der Waals surface area contributed by atoms with Crippen molar-refractivity contribution in [1.82, 2.24) is 10.0 Å². The van der Waals surface area contributed by atoms with Gasteiger partial charge >= 0.3 is 0 Å². The number of ether oxygens (including phenoxy) is 1. The first kappa shape index (κ1) is 14.5. The molecule has 5 nitrogen and oxygen atoms in total. The topological polar surface area (TPSA) is 51.7 Å². The first-order valence-corrected chi connectivity index (χ1v) is 6.82. The normalized spacial score (nSPS) is 10.4. The maximum atomic E-state index is 12.2. The monoisotopic (exact) mass is 292 g/mol. The van der Waals surface area contributed by atoms with Crippen molar-refractivity contribution >= 4 is 17.2 Å². The number of nitrogens with zero attached hydrogens (tertiary/aromatic N) is 2. The fourth-order valence-electron chi connectivity index (χ4n) is 1.71. The quantitative estimate of drug-likeness (QED) is 0.813. The third-order valence-corrected chi connectivity index (χ3v) is 3.88. The zero-order valence-electron chi connectivity index (χ0n) is 11.8. The minimum atomic E-state index is -0.277. The molecular weight excluding hydrogens is 276 g/mol. The van der Waals surface area contributed by atoms with E-state index in [2.05, 4.69) is 4.98 Å². The van der Waals surface area contributed by atoms with E-state index in [4.69, 9.17) is 9.57 Å². The van der Waals surface area contributed by atoms with Crippen molar-refractivity contribution in [2.75, 3.05) is 21.3 Å². The number of hydroxylamine groups is 2. The van der Waals surface area contributed by atoms with E-state index in [-0.39, 0.29) is 5.91 Å². The minimum Gasteiger partial charge on any atom is -0.480 e. The number of aromatic nitrogens is 1. The van der Waals surface area contributed by atoms with E-state index in [0.717, 1.165) is 21.2 Å². The molecule has 0 bridgehead atoms. The summed E-state index contributed by atoms with van der Waals surface area (Å²) in [5.41, 5.74) is 2.10. The third-order valence-electron chi connectivity index (χ3n) is 2.81. The van der Waals surface area contributed by atoms with Crippen LogP contribution in [0.2, 0.25) is 0 Å². The van der Waals surface area contributed by atoms with Crippen molar-refractivity contribution in [3.05, 3.63) is 34.7 Å². The Kier molecular flexibility index (Phi) is 4.36. The molecule has 1 heterocycles. The lowest BCUT2D eigenvalue weighted by Crippen LogP contribution is -2.24. The largest absolute Gasteiger partial charge is 0.480 e. The molecule has 0 aliphatic rings. The number of aryl methyl sites for hydroxylation is 1. The Balaban J connectivity index is 2.43. The van der Waals surface area contributed by atoms with Gasteiger partial charge in [-0.25, -0.2) is 10.0 Å². The fourth-order valence-corrected chi connectivity index (χ4v) is 2.71. The molecule has 0 saturated carbocycles. The Morgan fingerprint density at radius 1 is 1.35 bits per heavy atom. The number of hydrogen-bond donors (Lipinski definition) is 0. The molecule has 6 heteroatoms. The standard InChI is InChI=1S/C14H16N2O3S/c1-9-6-5-7-10(8-9)13-15-12(18-3)11(20-13)14(17)16(2)19-4/h5-8H,1-4H3. The number of amides is 1. The summed E-state index contributed by atoms with van der Waals surface area (Å²) >= 11 is 1.29. The minimum absolute atomic E-state index is 0.277. The third kappa shape index (κ3) is 2.81. The highest BCUT2D eigenvalue weighted by Crippen LogP contribution is 2.33. The van der Waals surface area contributed by atoms with E-state index in [1.54, 1.807) is 7.05 Å². The van der Waals surface area contributed by atoms with Gasteiger partial charge in [-0.2, -0.15) is 0 Å². The van der Waals surface area contributed by atoms with Gasteiger partial charge in [0.2, 0.25) is 5.88 Å². The number of methoxy groups -OCH3 is 1. The van der Waals surface area contributed by atoms with Crippen LogP contribution in [0.4, 0.5) is 0 Å². The molecule has 0 N–H and O–H groups in total. The van der Waals surface area contributed by atoms with Crippen LogP contribution in [-0.4, -0.2) is 37.2 Å². The highest BCUT2D eigenvalue weighted by atomic mass is 32.1. The molecule has 20 heavy (non-hydrogen) atoms. The van der Waals surface area contributed by atoms with Crippen LogP contribution in [0.1, 0.15) is 15.2 Å². The summed E-state index contributed by atoms with van der Waals surface area (Å²) in [5, 5.41) is 1.90. The van der Waals surface area contributed by atoms with Gasteiger partial charge in [0, 0.05) is 12.6 Å². The zero-order chi connectivity index (χ0) is 14.7. The lowest BCUT2D eigenvalue weighted by Gasteiger charge is -2.12. The molecule has 0 aliphatic carbocycles. The Hall–Kier alpha value is -1.92. The first-order chi connectivity index (χ1) is 9.56. The fraction of sp³-hybridized carbons (Fsp3) is 0.286. The molecule has 0 spiro atoms. The predicted molar refractivity (Wildman–Crippen MR) is 77.9 cm³/mol. The van der Waals surface area contributed by atoms with E-state index in [0.29, 0.717) is 10.8 Å². The van der Waals surface area contributed by atoms with Crippen LogP contribution in [0.5, 0.6) is 5.88 Å². The molecule has 0 saturated heterocycles. The summed E-state index contributed by atoms with van der Waals surface area (Å²) in [6.45, 7) is 2.01. The highest BCUT2D eigenvalue weighted by Gasteiger charge is 2.22. The molecule has 0 radical (unpaired) electrons. The van der Waals surface area contributed by atoms with Gasteiger partial charge < -0.3 is 4.74 Å². The molecule has 0 unspecified atom stereocenters. The van der Waals surface area contributed by atoms with Crippen molar-refractivity contribution in [2.24, 2.45) is 0 Å². The molecule has 2 aromatic rings. The average Bonchev–Trinajstić information content (AvgIpc) is 2.89. The second kappa shape index (κ2) is 6.02. The molecule has 1 aromatic heterocycles. The van der Waals surface area contributed by atoms with Gasteiger partial charge in [-0.3, -0.25) is 9.63 Å².